The Hall–Kier alpha value is -3.86. The predicted octanol–water partition coefficient (Wildman–Crippen LogP) is 3.14. The van der Waals surface area contributed by atoms with Gasteiger partial charge in [0, 0.05) is 24.7 Å². The van der Waals surface area contributed by atoms with Gasteiger partial charge in [-0.2, -0.15) is 0 Å². The van der Waals surface area contributed by atoms with Crippen molar-refractivity contribution in [2.75, 3.05) is 6.54 Å². The van der Waals surface area contributed by atoms with Crippen molar-refractivity contribution in [3.63, 3.8) is 0 Å². The van der Waals surface area contributed by atoms with Gasteiger partial charge in [-0.05, 0) is 11.6 Å². The highest BCUT2D eigenvalue weighted by atomic mass is 16.6. The number of hydrogen-bond donors (Lipinski definition) is 2. The van der Waals surface area contributed by atoms with Gasteiger partial charge < -0.3 is 15.0 Å². The minimum absolute atomic E-state index is 0.0380. The van der Waals surface area contributed by atoms with Crippen molar-refractivity contribution in [3.8, 4) is 11.8 Å². The number of nitrogens with zero attached hydrogens (tertiary/aromatic N) is 2. The number of amides is 1. The molecule has 1 amide bonds. The molecule has 0 radical (unpaired) electrons. The van der Waals surface area contributed by atoms with Gasteiger partial charge in [-0.25, -0.2) is 9.78 Å². The third-order valence-corrected chi connectivity index (χ3v) is 3.67. The van der Waals surface area contributed by atoms with Crippen LogP contribution in [-0.2, 0) is 11.3 Å². The van der Waals surface area contributed by atoms with E-state index in [9.17, 15) is 14.9 Å². The zero-order chi connectivity index (χ0) is 19.1. The van der Waals surface area contributed by atoms with Gasteiger partial charge in [0.25, 0.3) is 5.69 Å². The molecule has 0 aliphatic rings. The fourth-order valence-corrected chi connectivity index (χ4v) is 2.37. The number of ether oxygens (including phenoxy) is 1. The summed E-state index contributed by atoms with van der Waals surface area (Å²) in [7, 11) is 0. The highest BCUT2D eigenvalue weighted by Crippen LogP contribution is 2.23. The fourth-order valence-electron chi connectivity index (χ4n) is 2.37. The Morgan fingerprint density at radius 1 is 1.33 bits per heavy atom. The molecule has 0 saturated heterocycles. The Kier molecular flexibility index (Phi) is 5.64. The van der Waals surface area contributed by atoms with Crippen molar-refractivity contribution < 1.29 is 14.5 Å². The van der Waals surface area contributed by atoms with Crippen LogP contribution in [0.4, 0.5) is 10.5 Å². The fraction of sp³-hybridized carbons (Fsp3) is 0.158. The molecule has 0 bridgehead atoms. The number of nitro groups is 1. The highest BCUT2D eigenvalue weighted by molar-refractivity contribution is 5.86. The molecule has 8 nitrogen and oxygen atoms in total. The average molecular weight is 364 g/mol. The number of alkyl carbamates (subject to hydrolysis) is 1. The molecule has 0 aliphatic carbocycles. The van der Waals surface area contributed by atoms with E-state index >= 15 is 0 Å². The van der Waals surface area contributed by atoms with Crippen molar-refractivity contribution in [1.82, 2.24) is 15.3 Å². The molecule has 2 heterocycles. The van der Waals surface area contributed by atoms with Crippen LogP contribution in [-0.4, -0.2) is 27.5 Å². The standard InChI is InChI=1S/C19H16N4O4/c24-19(27-13-14-6-2-1-3-7-14)20-9-5-4-8-15-10-16-17(23(25)26)12-22-18(16)21-11-15/h1-3,6-7,10-12H,5,9,13H2,(H,20,24)(H,21,22). The van der Waals surface area contributed by atoms with Crippen LogP contribution >= 0.6 is 0 Å². The molecule has 2 N–H and O–H groups in total. The number of rotatable bonds is 5. The summed E-state index contributed by atoms with van der Waals surface area (Å²) in [6.45, 7) is 0.542. The van der Waals surface area contributed by atoms with Crippen LogP contribution in [0, 0.1) is 22.0 Å². The van der Waals surface area contributed by atoms with Gasteiger partial charge in [-0.1, -0.05) is 42.2 Å². The van der Waals surface area contributed by atoms with E-state index in [2.05, 4.69) is 27.1 Å². The van der Waals surface area contributed by atoms with E-state index in [4.69, 9.17) is 4.74 Å². The zero-order valence-corrected chi connectivity index (χ0v) is 14.3. The molecule has 8 heteroatoms. The predicted molar refractivity (Wildman–Crippen MR) is 98.9 cm³/mol. The van der Waals surface area contributed by atoms with Crippen molar-refractivity contribution in [3.05, 3.63) is 70.0 Å². The maximum atomic E-state index is 11.6. The zero-order valence-electron chi connectivity index (χ0n) is 14.3. The molecule has 27 heavy (non-hydrogen) atoms. The number of aromatic amines is 1. The Morgan fingerprint density at radius 2 is 2.15 bits per heavy atom. The largest absolute Gasteiger partial charge is 0.445 e. The molecule has 136 valence electrons. The first-order valence-corrected chi connectivity index (χ1v) is 8.18. The van der Waals surface area contributed by atoms with Crippen LogP contribution < -0.4 is 5.32 Å². The summed E-state index contributed by atoms with van der Waals surface area (Å²) in [6.07, 6.45) is 2.75. The normalized spacial score (nSPS) is 10.1. The molecule has 3 aromatic rings. The van der Waals surface area contributed by atoms with Crippen molar-refractivity contribution in [2.24, 2.45) is 0 Å². The summed E-state index contributed by atoms with van der Waals surface area (Å²) < 4.78 is 5.09. The minimum Gasteiger partial charge on any atom is -0.445 e. The molecule has 0 saturated carbocycles. The van der Waals surface area contributed by atoms with Gasteiger partial charge in [0.1, 0.15) is 12.3 Å². The number of hydrogen-bond acceptors (Lipinski definition) is 5. The van der Waals surface area contributed by atoms with Crippen molar-refractivity contribution in [2.45, 2.75) is 13.0 Å². The third-order valence-electron chi connectivity index (χ3n) is 3.67. The maximum Gasteiger partial charge on any atom is 0.407 e. The van der Waals surface area contributed by atoms with E-state index in [1.165, 1.54) is 12.4 Å². The van der Waals surface area contributed by atoms with E-state index in [1.807, 2.05) is 30.3 Å². The summed E-state index contributed by atoms with van der Waals surface area (Å²) >= 11 is 0. The van der Waals surface area contributed by atoms with E-state index in [0.717, 1.165) is 5.56 Å². The van der Waals surface area contributed by atoms with Crippen LogP contribution in [0.1, 0.15) is 17.5 Å². The summed E-state index contributed by atoms with van der Waals surface area (Å²) in [5.74, 6) is 5.78. The Bertz CT molecular complexity index is 1020. The molecular formula is C19H16N4O4. The van der Waals surface area contributed by atoms with Crippen molar-refractivity contribution >= 4 is 22.8 Å². The second-order valence-corrected chi connectivity index (χ2v) is 5.59. The molecule has 3 rings (SSSR count). The molecule has 0 fully saturated rings. The van der Waals surface area contributed by atoms with Gasteiger partial charge in [0.15, 0.2) is 0 Å². The number of benzene rings is 1. The third kappa shape index (κ3) is 4.83. The first-order chi connectivity index (χ1) is 13.1. The maximum absolute atomic E-state index is 11.6. The number of pyridine rings is 1. The molecule has 0 atom stereocenters. The quantitative estimate of drug-likeness (QED) is 0.313. The second kappa shape index (κ2) is 8.49. The van der Waals surface area contributed by atoms with Gasteiger partial charge in [-0.15, -0.1) is 0 Å². The first kappa shape index (κ1) is 17.9. The van der Waals surface area contributed by atoms with Gasteiger partial charge in [0.05, 0.1) is 16.5 Å². The second-order valence-electron chi connectivity index (χ2n) is 5.59. The number of aromatic nitrogens is 2. The summed E-state index contributed by atoms with van der Waals surface area (Å²) in [4.78, 5) is 29.0. The SMILES string of the molecule is O=C(NCCC#Cc1cnc2[nH]cc([N+](=O)[O-])c2c1)OCc1ccccc1. The molecule has 0 aliphatic heterocycles. The van der Waals surface area contributed by atoms with Gasteiger partial charge >= 0.3 is 6.09 Å². The summed E-state index contributed by atoms with van der Waals surface area (Å²) in [5.41, 5.74) is 1.88. The lowest BCUT2D eigenvalue weighted by molar-refractivity contribution is -0.383. The van der Waals surface area contributed by atoms with Crippen LogP contribution in [0.5, 0.6) is 0 Å². The smallest absolute Gasteiger partial charge is 0.407 e. The Labute approximate surface area is 154 Å². The molecule has 0 unspecified atom stereocenters. The first-order valence-electron chi connectivity index (χ1n) is 8.18. The number of carbonyl (C=O) groups is 1. The number of nitrogens with one attached hydrogen (secondary N) is 2. The van der Waals surface area contributed by atoms with Crippen molar-refractivity contribution in [1.29, 1.82) is 0 Å². The molecule has 2 aromatic heterocycles. The van der Waals surface area contributed by atoms with Gasteiger partial charge in [-0.3, -0.25) is 10.1 Å². The Balaban J connectivity index is 1.47. The molecular weight excluding hydrogens is 348 g/mol. The van der Waals surface area contributed by atoms with Crippen LogP contribution in [0.3, 0.4) is 0 Å². The molecule has 0 spiro atoms. The van der Waals surface area contributed by atoms with Gasteiger partial charge in [0.2, 0.25) is 0 Å². The Morgan fingerprint density at radius 3 is 2.93 bits per heavy atom. The van der Waals surface area contributed by atoms with E-state index < -0.39 is 11.0 Å². The lowest BCUT2D eigenvalue weighted by Gasteiger charge is -2.05. The van der Waals surface area contributed by atoms with E-state index in [1.54, 1.807) is 6.07 Å². The van der Waals surface area contributed by atoms with Crippen LogP contribution in [0.2, 0.25) is 0 Å². The number of carbonyl (C=O) groups excluding carboxylic acids is 1. The highest BCUT2D eigenvalue weighted by Gasteiger charge is 2.14. The average Bonchev–Trinajstić information content (AvgIpc) is 3.10. The summed E-state index contributed by atoms with van der Waals surface area (Å²) in [6, 6.07) is 11.0. The summed E-state index contributed by atoms with van der Waals surface area (Å²) in [5, 5.41) is 14.0. The van der Waals surface area contributed by atoms with Crippen LogP contribution in [0.25, 0.3) is 11.0 Å². The molecule has 1 aromatic carbocycles. The number of H-pyrrole nitrogens is 1. The lowest BCUT2D eigenvalue weighted by Crippen LogP contribution is -2.24. The topological polar surface area (TPSA) is 110 Å². The number of fused-ring (bicyclic) bond motifs is 1. The lowest BCUT2D eigenvalue weighted by atomic mass is 10.2. The van der Waals surface area contributed by atoms with Crippen LogP contribution in [0.15, 0.2) is 48.8 Å². The minimum atomic E-state index is -0.508. The van der Waals surface area contributed by atoms with E-state index in [-0.39, 0.29) is 12.3 Å². The van der Waals surface area contributed by atoms with E-state index in [0.29, 0.717) is 29.6 Å². The monoisotopic (exact) mass is 364 g/mol.